The fourth-order valence-corrected chi connectivity index (χ4v) is 2.34. The number of aliphatic hydroxyl groups is 1. The highest BCUT2D eigenvalue weighted by Crippen LogP contribution is 2.45. The molecule has 0 bridgehead atoms. The highest BCUT2D eigenvalue weighted by atomic mass is 19.3. The van der Waals surface area contributed by atoms with Gasteiger partial charge in [-0.25, -0.2) is 13.6 Å². The predicted molar refractivity (Wildman–Crippen MR) is 59.9 cm³/mol. The van der Waals surface area contributed by atoms with Crippen LogP contribution in [0.1, 0.15) is 24.4 Å². The number of alkyl halides is 2. The smallest absolute Gasteiger partial charge is 0.328 e. The number of nitrogens with zero attached hydrogens (tertiary/aromatic N) is 1. The minimum absolute atomic E-state index is 0.0227. The molecule has 2 atom stereocenters. The third-order valence-electron chi connectivity index (χ3n) is 3.42. The Morgan fingerprint density at radius 1 is 1.56 bits per heavy atom. The largest absolute Gasteiger partial charge is 0.396 e. The fourth-order valence-electron chi connectivity index (χ4n) is 2.34. The number of halogens is 2. The number of hydrogen-bond donors (Lipinski definition) is 2. The van der Waals surface area contributed by atoms with Gasteiger partial charge in [-0.1, -0.05) is 0 Å². The molecule has 1 aromatic rings. The normalized spacial score (nSPS) is 26.4. The molecule has 1 heterocycles. The Morgan fingerprint density at radius 2 is 2.22 bits per heavy atom. The van der Waals surface area contributed by atoms with Crippen LogP contribution in [0.5, 0.6) is 0 Å². The summed E-state index contributed by atoms with van der Waals surface area (Å²) in [6.45, 7) is 0.895. The van der Waals surface area contributed by atoms with Crippen LogP contribution < -0.4 is 11.2 Å². The van der Waals surface area contributed by atoms with E-state index in [1.54, 1.807) is 0 Å². The molecule has 0 aliphatic heterocycles. The number of aryl methyl sites for hydroxylation is 1. The molecule has 0 spiro atoms. The Kier molecular flexibility index (Phi) is 3.10. The van der Waals surface area contributed by atoms with E-state index in [4.69, 9.17) is 5.11 Å². The van der Waals surface area contributed by atoms with Crippen molar-refractivity contribution in [3.8, 4) is 0 Å². The van der Waals surface area contributed by atoms with Crippen LogP contribution in [-0.2, 0) is 0 Å². The van der Waals surface area contributed by atoms with Gasteiger partial charge in [0.2, 0.25) is 0 Å². The van der Waals surface area contributed by atoms with Gasteiger partial charge < -0.3 is 5.11 Å². The molecular formula is C11H14F2N2O3. The molecule has 0 amide bonds. The SMILES string of the molecule is Cc1cn([C@@H]2C[C@@H](CO)C(F)(F)C2)c(=O)[nH]c1=O. The second-order valence-electron chi connectivity index (χ2n) is 4.71. The van der Waals surface area contributed by atoms with E-state index in [1.165, 1.54) is 13.1 Å². The molecule has 1 aromatic heterocycles. The van der Waals surface area contributed by atoms with Gasteiger partial charge in [0.15, 0.2) is 0 Å². The highest BCUT2D eigenvalue weighted by molar-refractivity contribution is 5.03. The van der Waals surface area contributed by atoms with Crippen LogP contribution in [0.4, 0.5) is 8.78 Å². The molecule has 7 heteroatoms. The molecule has 1 aliphatic rings. The third-order valence-corrected chi connectivity index (χ3v) is 3.42. The molecule has 0 saturated heterocycles. The van der Waals surface area contributed by atoms with Crippen LogP contribution in [0.2, 0.25) is 0 Å². The Hall–Kier alpha value is -1.50. The summed E-state index contributed by atoms with van der Waals surface area (Å²) in [5.41, 5.74) is -0.907. The molecule has 1 aliphatic carbocycles. The van der Waals surface area contributed by atoms with Crippen LogP contribution in [0.3, 0.4) is 0 Å². The maximum atomic E-state index is 13.5. The van der Waals surface area contributed by atoms with Crippen molar-refractivity contribution < 1.29 is 13.9 Å². The molecule has 5 nitrogen and oxygen atoms in total. The minimum atomic E-state index is -2.98. The number of rotatable bonds is 2. The molecule has 0 aromatic carbocycles. The first-order valence-corrected chi connectivity index (χ1v) is 5.66. The summed E-state index contributed by atoms with van der Waals surface area (Å²) in [5.74, 6) is -4.12. The quantitative estimate of drug-likeness (QED) is 0.809. The van der Waals surface area contributed by atoms with Gasteiger partial charge in [0.25, 0.3) is 11.5 Å². The zero-order valence-corrected chi connectivity index (χ0v) is 9.82. The summed E-state index contributed by atoms with van der Waals surface area (Å²) in [4.78, 5) is 24.9. The summed E-state index contributed by atoms with van der Waals surface area (Å²) in [7, 11) is 0. The standard InChI is InChI=1S/C11H14F2N2O3/c1-6-4-15(10(18)14-9(6)17)8-2-7(5-16)11(12,13)3-8/h4,7-8,16H,2-3,5H2,1H3,(H,14,17,18)/t7-,8+/m0/s1. The average molecular weight is 260 g/mol. The first-order chi connectivity index (χ1) is 8.35. The number of hydrogen-bond acceptors (Lipinski definition) is 3. The molecular weight excluding hydrogens is 246 g/mol. The lowest BCUT2D eigenvalue weighted by atomic mass is 10.1. The van der Waals surface area contributed by atoms with Gasteiger partial charge in [-0.3, -0.25) is 14.3 Å². The van der Waals surface area contributed by atoms with E-state index in [0.29, 0.717) is 5.56 Å². The van der Waals surface area contributed by atoms with Crippen LogP contribution in [0, 0.1) is 12.8 Å². The number of aliphatic hydroxyl groups excluding tert-OH is 1. The van der Waals surface area contributed by atoms with Gasteiger partial charge in [0, 0.05) is 30.1 Å². The van der Waals surface area contributed by atoms with Crippen molar-refractivity contribution in [3.05, 3.63) is 32.6 Å². The van der Waals surface area contributed by atoms with Crippen molar-refractivity contribution in [3.63, 3.8) is 0 Å². The summed E-state index contributed by atoms with van der Waals surface area (Å²) >= 11 is 0. The lowest BCUT2D eigenvalue weighted by Gasteiger charge is -2.15. The van der Waals surface area contributed by atoms with Gasteiger partial charge in [-0.2, -0.15) is 0 Å². The number of aromatic nitrogens is 2. The molecule has 100 valence electrons. The maximum absolute atomic E-state index is 13.5. The van der Waals surface area contributed by atoms with Gasteiger partial charge in [-0.05, 0) is 13.3 Å². The molecule has 2 N–H and O–H groups in total. The topological polar surface area (TPSA) is 75.1 Å². The van der Waals surface area contributed by atoms with Gasteiger partial charge >= 0.3 is 5.69 Å². The zero-order valence-electron chi connectivity index (χ0n) is 9.82. The van der Waals surface area contributed by atoms with Crippen LogP contribution in [-0.4, -0.2) is 27.2 Å². The summed E-state index contributed by atoms with van der Waals surface area (Å²) < 4.78 is 28.1. The number of nitrogens with one attached hydrogen (secondary N) is 1. The van der Waals surface area contributed by atoms with Gasteiger partial charge in [0.1, 0.15) is 0 Å². The second-order valence-corrected chi connectivity index (χ2v) is 4.71. The first-order valence-electron chi connectivity index (χ1n) is 5.66. The van der Waals surface area contributed by atoms with E-state index >= 15 is 0 Å². The van der Waals surface area contributed by atoms with Crippen LogP contribution in [0.25, 0.3) is 0 Å². The summed E-state index contributed by atoms with van der Waals surface area (Å²) in [6, 6.07) is -0.694. The van der Waals surface area contributed by atoms with Gasteiger partial charge in [0.05, 0.1) is 6.61 Å². The van der Waals surface area contributed by atoms with E-state index in [1.807, 2.05) is 0 Å². The predicted octanol–water partition coefficient (Wildman–Crippen LogP) is 0.424. The molecule has 2 rings (SSSR count). The maximum Gasteiger partial charge on any atom is 0.328 e. The van der Waals surface area contributed by atoms with Crippen molar-refractivity contribution in [1.29, 1.82) is 0 Å². The molecule has 0 radical (unpaired) electrons. The van der Waals surface area contributed by atoms with E-state index in [2.05, 4.69) is 4.98 Å². The lowest BCUT2D eigenvalue weighted by Crippen LogP contribution is -2.33. The monoisotopic (exact) mass is 260 g/mol. The van der Waals surface area contributed by atoms with Crippen LogP contribution in [0.15, 0.2) is 15.8 Å². The molecule has 18 heavy (non-hydrogen) atoms. The van der Waals surface area contributed by atoms with Crippen molar-refractivity contribution in [2.45, 2.75) is 31.7 Å². The van der Waals surface area contributed by atoms with E-state index in [-0.39, 0.29) is 6.42 Å². The number of H-pyrrole nitrogens is 1. The van der Waals surface area contributed by atoms with E-state index < -0.39 is 42.2 Å². The molecule has 1 fully saturated rings. The Balaban J connectivity index is 2.38. The summed E-state index contributed by atoms with van der Waals surface area (Å²) in [5, 5.41) is 8.91. The highest BCUT2D eigenvalue weighted by Gasteiger charge is 2.49. The Labute approximate surface area is 101 Å². The van der Waals surface area contributed by atoms with Gasteiger partial charge in [-0.15, -0.1) is 0 Å². The minimum Gasteiger partial charge on any atom is -0.396 e. The third kappa shape index (κ3) is 2.10. The Morgan fingerprint density at radius 3 is 2.78 bits per heavy atom. The van der Waals surface area contributed by atoms with Crippen LogP contribution >= 0.6 is 0 Å². The zero-order chi connectivity index (χ0) is 13.5. The molecule has 1 saturated carbocycles. The van der Waals surface area contributed by atoms with Crippen molar-refractivity contribution >= 4 is 0 Å². The fraction of sp³-hybridized carbons (Fsp3) is 0.636. The van der Waals surface area contributed by atoms with Crippen molar-refractivity contribution in [2.24, 2.45) is 5.92 Å². The van der Waals surface area contributed by atoms with Crippen molar-refractivity contribution in [2.75, 3.05) is 6.61 Å². The van der Waals surface area contributed by atoms with E-state index in [9.17, 15) is 18.4 Å². The lowest BCUT2D eigenvalue weighted by molar-refractivity contribution is -0.0551. The second kappa shape index (κ2) is 4.31. The van der Waals surface area contributed by atoms with Crippen molar-refractivity contribution in [1.82, 2.24) is 9.55 Å². The number of aromatic amines is 1. The molecule has 0 unspecified atom stereocenters. The Bertz CT molecular complexity index is 564. The average Bonchev–Trinajstić information content (AvgIpc) is 2.58. The van der Waals surface area contributed by atoms with E-state index in [0.717, 1.165) is 4.57 Å². The summed E-state index contributed by atoms with van der Waals surface area (Å²) in [6.07, 6.45) is 0.820. The first kappa shape index (κ1) is 12.9.